The summed E-state index contributed by atoms with van der Waals surface area (Å²) in [6, 6.07) is 7.85. The molecule has 0 bridgehead atoms. The van der Waals surface area contributed by atoms with Gasteiger partial charge in [0.1, 0.15) is 24.1 Å². The molecule has 0 saturated carbocycles. The van der Waals surface area contributed by atoms with Crippen molar-refractivity contribution >= 4 is 5.82 Å². The van der Waals surface area contributed by atoms with E-state index in [2.05, 4.69) is 17.6 Å². The van der Waals surface area contributed by atoms with E-state index in [9.17, 15) is 5.26 Å². The van der Waals surface area contributed by atoms with E-state index in [0.29, 0.717) is 30.1 Å². The maximum atomic E-state index is 9.78. The molecule has 0 aliphatic heterocycles. The van der Waals surface area contributed by atoms with Gasteiger partial charge in [0.2, 0.25) is 0 Å². The fourth-order valence-electron chi connectivity index (χ4n) is 3.43. The molecule has 1 atom stereocenters. The Morgan fingerprint density at radius 2 is 2.22 bits per heavy atom. The molecule has 0 amide bonds. The van der Waals surface area contributed by atoms with Gasteiger partial charge in [-0.3, -0.25) is 0 Å². The molecule has 0 saturated heterocycles. The molecule has 1 aliphatic rings. The topological polar surface area (TPSA) is 107 Å². The molecular formula is C21H24N4O2. The highest BCUT2D eigenvalue weighted by atomic mass is 16.5. The van der Waals surface area contributed by atoms with Crippen LogP contribution in [0.25, 0.3) is 11.1 Å². The van der Waals surface area contributed by atoms with Crippen molar-refractivity contribution in [2.45, 2.75) is 32.2 Å². The number of nitrogens with zero attached hydrogens (tertiary/aromatic N) is 2. The Morgan fingerprint density at radius 3 is 2.89 bits per heavy atom. The number of para-hydroxylation sites is 1. The lowest BCUT2D eigenvalue weighted by Crippen LogP contribution is -2.29. The van der Waals surface area contributed by atoms with Crippen LogP contribution in [0.3, 0.4) is 0 Å². The van der Waals surface area contributed by atoms with Gasteiger partial charge in [-0.25, -0.2) is 4.98 Å². The number of hydrogen-bond donors (Lipinski definition) is 2. The number of nitrogens with two attached hydrogens (primary N) is 2. The van der Waals surface area contributed by atoms with Gasteiger partial charge < -0.3 is 20.9 Å². The van der Waals surface area contributed by atoms with Crippen LogP contribution in [-0.2, 0) is 12.8 Å². The Labute approximate surface area is 159 Å². The zero-order valence-electron chi connectivity index (χ0n) is 15.7. The minimum absolute atomic E-state index is 0.0265. The Kier molecular flexibility index (Phi) is 5.33. The van der Waals surface area contributed by atoms with Gasteiger partial charge in [0.05, 0.1) is 7.11 Å². The van der Waals surface area contributed by atoms with Crippen LogP contribution in [0, 0.1) is 11.3 Å². The van der Waals surface area contributed by atoms with Crippen LogP contribution in [0.5, 0.6) is 11.5 Å². The highest BCUT2D eigenvalue weighted by Crippen LogP contribution is 2.44. The maximum absolute atomic E-state index is 9.78. The van der Waals surface area contributed by atoms with Crippen molar-refractivity contribution in [2.75, 3.05) is 19.5 Å². The second kappa shape index (κ2) is 7.68. The van der Waals surface area contributed by atoms with Crippen LogP contribution in [0.15, 0.2) is 30.4 Å². The van der Waals surface area contributed by atoms with Gasteiger partial charge >= 0.3 is 0 Å². The van der Waals surface area contributed by atoms with Crippen molar-refractivity contribution in [3.8, 4) is 28.7 Å². The monoisotopic (exact) mass is 364 g/mol. The average molecular weight is 364 g/mol. The molecule has 6 nitrogen and oxygen atoms in total. The number of methoxy groups -OCH3 is 1. The summed E-state index contributed by atoms with van der Waals surface area (Å²) in [5.41, 5.74) is 16.9. The molecule has 1 aliphatic carbocycles. The predicted octanol–water partition coefficient (Wildman–Crippen LogP) is 2.98. The normalized spacial score (nSPS) is 15.6. The molecule has 2 aromatic rings. The number of ether oxygens (including phenoxy) is 2. The van der Waals surface area contributed by atoms with E-state index in [1.165, 1.54) is 0 Å². The highest BCUT2D eigenvalue weighted by Gasteiger charge is 2.27. The second-order valence-electron chi connectivity index (χ2n) is 6.87. The first-order valence-corrected chi connectivity index (χ1v) is 8.87. The van der Waals surface area contributed by atoms with Crippen molar-refractivity contribution in [3.63, 3.8) is 0 Å². The summed E-state index contributed by atoms with van der Waals surface area (Å²) in [7, 11) is 1.59. The third-order valence-electron chi connectivity index (χ3n) is 4.67. The number of anilines is 1. The highest BCUT2D eigenvalue weighted by molar-refractivity contribution is 5.84. The first kappa shape index (κ1) is 18.7. The van der Waals surface area contributed by atoms with Crippen molar-refractivity contribution < 1.29 is 9.47 Å². The maximum Gasteiger partial charge on any atom is 0.169 e. The lowest BCUT2D eigenvalue weighted by atomic mass is 9.84. The third kappa shape index (κ3) is 3.60. The van der Waals surface area contributed by atoms with Crippen LogP contribution in [0.1, 0.15) is 30.2 Å². The number of nitrogen functional groups attached to an aromatic ring is 1. The number of pyridine rings is 1. The molecule has 4 N–H and O–H groups in total. The van der Waals surface area contributed by atoms with Gasteiger partial charge in [0.25, 0.3) is 0 Å². The SMILES string of the molecule is C=C(C)COc1c(OC)cccc1-c1c(C#N)c(N)nc2c1CC(N)CC2. The summed E-state index contributed by atoms with van der Waals surface area (Å²) in [4.78, 5) is 4.47. The van der Waals surface area contributed by atoms with E-state index in [1.807, 2.05) is 25.1 Å². The van der Waals surface area contributed by atoms with E-state index < -0.39 is 0 Å². The number of hydrogen-bond acceptors (Lipinski definition) is 6. The molecule has 1 heterocycles. The minimum Gasteiger partial charge on any atom is -0.493 e. The van der Waals surface area contributed by atoms with Crippen molar-refractivity contribution in [2.24, 2.45) is 5.73 Å². The fraction of sp³-hybridized carbons (Fsp3) is 0.333. The predicted molar refractivity (Wildman–Crippen MR) is 106 cm³/mol. The summed E-state index contributed by atoms with van der Waals surface area (Å²) < 4.78 is 11.5. The molecule has 1 unspecified atom stereocenters. The summed E-state index contributed by atoms with van der Waals surface area (Å²) in [5, 5.41) is 9.78. The standard InChI is InChI=1S/C21H24N4O2/c1-12(2)11-27-20-14(5-4-6-18(20)26-3)19-15-9-13(23)7-8-17(15)25-21(24)16(19)10-22/h4-6,13H,1,7-9,11,23H2,2-3H3,(H2,24,25). The largest absolute Gasteiger partial charge is 0.493 e. The van der Waals surface area contributed by atoms with Crippen LogP contribution in [-0.4, -0.2) is 24.7 Å². The van der Waals surface area contributed by atoms with Gasteiger partial charge in [-0.05, 0) is 43.4 Å². The van der Waals surface area contributed by atoms with Gasteiger partial charge in [0, 0.05) is 22.9 Å². The Hall–Kier alpha value is -3.04. The lowest BCUT2D eigenvalue weighted by molar-refractivity contribution is 0.321. The molecule has 1 aromatic heterocycles. The molecule has 1 aromatic carbocycles. The molecule has 140 valence electrons. The van der Waals surface area contributed by atoms with Gasteiger partial charge in [0.15, 0.2) is 11.5 Å². The molecule has 27 heavy (non-hydrogen) atoms. The van der Waals surface area contributed by atoms with Gasteiger partial charge in [-0.2, -0.15) is 5.26 Å². The Bertz CT molecular complexity index is 931. The van der Waals surface area contributed by atoms with Crippen LogP contribution in [0.2, 0.25) is 0 Å². The van der Waals surface area contributed by atoms with Crippen molar-refractivity contribution in [1.29, 1.82) is 5.26 Å². The molecule has 6 heteroatoms. The van der Waals surface area contributed by atoms with E-state index in [0.717, 1.165) is 40.8 Å². The fourth-order valence-corrected chi connectivity index (χ4v) is 3.43. The number of nitriles is 1. The van der Waals surface area contributed by atoms with Crippen LogP contribution < -0.4 is 20.9 Å². The number of aryl methyl sites for hydroxylation is 1. The summed E-state index contributed by atoms with van der Waals surface area (Å²) in [6.45, 7) is 6.13. The summed E-state index contributed by atoms with van der Waals surface area (Å²) >= 11 is 0. The molecule has 0 radical (unpaired) electrons. The molecule has 3 rings (SSSR count). The molecular weight excluding hydrogens is 340 g/mol. The Balaban J connectivity index is 2.29. The second-order valence-corrected chi connectivity index (χ2v) is 6.87. The van der Waals surface area contributed by atoms with Crippen LogP contribution >= 0.6 is 0 Å². The average Bonchev–Trinajstić information content (AvgIpc) is 2.65. The number of benzene rings is 1. The summed E-state index contributed by atoms with van der Waals surface area (Å²) in [5.74, 6) is 1.38. The molecule has 0 fully saturated rings. The lowest BCUT2D eigenvalue weighted by Gasteiger charge is -2.26. The molecule has 0 spiro atoms. The van der Waals surface area contributed by atoms with Crippen LogP contribution in [0.4, 0.5) is 5.82 Å². The number of aromatic nitrogens is 1. The third-order valence-corrected chi connectivity index (χ3v) is 4.67. The Morgan fingerprint density at radius 1 is 1.44 bits per heavy atom. The zero-order chi connectivity index (χ0) is 19.6. The smallest absolute Gasteiger partial charge is 0.169 e. The first-order valence-electron chi connectivity index (χ1n) is 8.87. The van der Waals surface area contributed by atoms with E-state index >= 15 is 0 Å². The summed E-state index contributed by atoms with van der Waals surface area (Å²) in [6.07, 6.45) is 2.23. The number of fused-ring (bicyclic) bond motifs is 1. The van der Waals surface area contributed by atoms with Crippen molar-refractivity contribution in [3.05, 3.63) is 47.2 Å². The van der Waals surface area contributed by atoms with Gasteiger partial charge in [-0.1, -0.05) is 18.7 Å². The number of rotatable bonds is 5. The van der Waals surface area contributed by atoms with E-state index in [4.69, 9.17) is 20.9 Å². The minimum atomic E-state index is 0.0265. The van der Waals surface area contributed by atoms with Gasteiger partial charge in [-0.15, -0.1) is 0 Å². The van der Waals surface area contributed by atoms with E-state index in [1.54, 1.807) is 7.11 Å². The first-order chi connectivity index (χ1) is 13.0. The quantitative estimate of drug-likeness (QED) is 0.790. The van der Waals surface area contributed by atoms with E-state index in [-0.39, 0.29) is 11.9 Å². The van der Waals surface area contributed by atoms with Crippen molar-refractivity contribution in [1.82, 2.24) is 4.98 Å². The zero-order valence-corrected chi connectivity index (χ0v) is 15.7.